The normalized spacial score (nSPS) is 15.1. The summed E-state index contributed by atoms with van der Waals surface area (Å²) in [6.45, 7) is 0. The topological polar surface area (TPSA) is 17.1 Å². The molecule has 0 radical (unpaired) electrons. The van der Waals surface area contributed by atoms with E-state index in [0.717, 1.165) is 22.0 Å². The number of benzene rings is 2. The van der Waals surface area contributed by atoms with Crippen LogP contribution >= 0.6 is 23.5 Å². The zero-order valence-electron chi connectivity index (χ0n) is 12.1. The van der Waals surface area contributed by atoms with Gasteiger partial charge in [0.05, 0.1) is 4.91 Å². The lowest BCUT2D eigenvalue weighted by atomic mass is 10.1. The van der Waals surface area contributed by atoms with Gasteiger partial charge in [-0.15, -0.1) is 0 Å². The number of hydrogen-bond acceptors (Lipinski definition) is 3. The number of fused-ring (bicyclic) bond motifs is 1. The summed E-state index contributed by atoms with van der Waals surface area (Å²) in [6, 6.07) is 18.5. The van der Waals surface area contributed by atoms with Crippen molar-refractivity contribution in [3.8, 4) is 0 Å². The van der Waals surface area contributed by atoms with E-state index < -0.39 is 0 Å². The van der Waals surface area contributed by atoms with E-state index in [-0.39, 0.29) is 5.12 Å². The van der Waals surface area contributed by atoms with E-state index in [2.05, 4.69) is 36.4 Å². The number of hydrogen-bond donors (Lipinski definition) is 0. The minimum Gasteiger partial charge on any atom is -0.281 e. The molecule has 2 aromatic carbocycles. The zero-order chi connectivity index (χ0) is 15.2. The summed E-state index contributed by atoms with van der Waals surface area (Å²) in [5.74, 6) is 0.827. The highest BCUT2D eigenvalue weighted by atomic mass is 32.2. The quantitative estimate of drug-likeness (QED) is 0.756. The van der Waals surface area contributed by atoms with Gasteiger partial charge < -0.3 is 0 Å². The van der Waals surface area contributed by atoms with Crippen molar-refractivity contribution in [1.29, 1.82) is 0 Å². The smallest absolute Gasteiger partial charge is 0.226 e. The van der Waals surface area contributed by atoms with E-state index in [1.165, 1.54) is 22.9 Å². The summed E-state index contributed by atoms with van der Waals surface area (Å²) < 4.78 is 0. The van der Waals surface area contributed by atoms with Crippen molar-refractivity contribution in [3.63, 3.8) is 0 Å². The fourth-order valence-corrected chi connectivity index (χ4v) is 4.07. The summed E-state index contributed by atoms with van der Waals surface area (Å²) in [5.41, 5.74) is 2.84. The van der Waals surface area contributed by atoms with Crippen LogP contribution < -0.4 is 0 Å². The summed E-state index contributed by atoms with van der Waals surface area (Å²) in [4.78, 5) is 13.3. The third-order valence-corrected chi connectivity index (χ3v) is 5.37. The highest BCUT2D eigenvalue weighted by molar-refractivity contribution is 8.18. The minimum atomic E-state index is 0.203. The van der Waals surface area contributed by atoms with Gasteiger partial charge in [-0.3, -0.25) is 4.79 Å². The van der Waals surface area contributed by atoms with E-state index in [1.54, 1.807) is 11.8 Å². The van der Waals surface area contributed by atoms with Gasteiger partial charge in [-0.05, 0) is 29.7 Å². The lowest BCUT2D eigenvalue weighted by Gasteiger charge is -1.98. The second-order valence-corrected chi connectivity index (χ2v) is 7.00. The Morgan fingerprint density at radius 2 is 1.73 bits per heavy atom. The molecule has 22 heavy (non-hydrogen) atoms. The lowest BCUT2D eigenvalue weighted by Crippen LogP contribution is -1.85. The Balaban J connectivity index is 0.000000139. The predicted molar refractivity (Wildman–Crippen MR) is 97.0 cm³/mol. The Kier molecular flexibility index (Phi) is 5.20. The number of carbonyl (C=O) groups excluding carboxylic acids is 1. The molecule has 1 heterocycles. The second kappa shape index (κ2) is 7.52. The van der Waals surface area contributed by atoms with Gasteiger partial charge in [-0.25, -0.2) is 0 Å². The van der Waals surface area contributed by atoms with E-state index in [4.69, 9.17) is 0 Å². The van der Waals surface area contributed by atoms with Gasteiger partial charge in [-0.2, -0.15) is 0 Å². The second-order valence-electron chi connectivity index (χ2n) is 4.89. The van der Waals surface area contributed by atoms with Gasteiger partial charge in [0.25, 0.3) is 0 Å². The van der Waals surface area contributed by atoms with Crippen LogP contribution in [0.5, 0.6) is 0 Å². The summed E-state index contributed by atoms with van der Waals surface area (Å²) in [5, 5.41) is 0.203. The predicted octanol–water partition coefficient (Wildman–Crippen LogP) is 5.19. The molecule has 0 saturated heterocycles. The Labute approximate surface area is 139 Å². The zero-order valence-corrected chi connectivity index (χ0v) is 13.7. The summed E-state index contributed by atoms with van der Waals surface area (Å²) in [6.07, 6.45) is 7.49. The van der Waals surface area contributed by atoms with Crippen LogP contribution in [-0.2, 0) is 11.2 Å². The van der Waals surface area contributed by atoms with Crippen molar-refractivity contribution >= 4 is 34.7 Å². The van der Waals surface area contributed by atoms with E-state index in [1.807, 2.05) is 36.4 Å². The molecule has 2 aliphatic rings. The van der Waals surface area contributed by atoms with Gasteiger partial charge in [0.15, 0.2) is 0 Å². The van der Waals surface area contributed by atoms with Crippen molar-refractivity contribution in [2.45, 2.75) is 11.3 Å². The molecule has 2 aromatic rings. The SMILES string of the molecule is C1=Cc2ccccc2C1.O=C1SCC=C1Sc1ccccc1. The van der Waals surface area contributed by atoms with Crippen molar-refractivity contribution < 1.29 is 4.79 Å². The number of carbonyl (C=O) groups is 1. The van der Waals surface area contributed by atoms with Crippen molar-refractivity contribution in [2.24, 2.45) is 0 Å². The average Bonchev–Trinajstić information content (AvgIpc) is 3.18. The standard InChI is InChI=1S/C10H8OS2.C9H8/c11-10-9(6-7-12-10)13-8-4-2-1-3-5-8;1-2-5-9-7-3-6-8(9)4-1/h1-6H,7H2;1-6H,7H2. The van der Waals surface area contributed by atoms with Crippen LogP contribution in [0.15, 0.2) is 76.5 Å². The molecule has 0 aromatic heterocycles. The molecule has 1 aliphatic heterocycles. The Morgan fingerprint density at radius 3 is 2.45 bits per heavy atom. The monoisotopic (exact) mass is 324 g/mol. The molecule has 1 aliphatic carbocycles. The van der Waals surface area contributed by atoms with Crippen LogP contribution in [0.2, 0.25) is 0 Å². The highest BCUT2D eigenvalue weighted by Gasteiger charge is 2.16. The first-order valence-corrected chi connectivity index (χ1v) is 8.98. The van der Waals surface area contributed by atoms with Gasteiger partial charge in [-0.1, -0.05) is 84.2 Å². The fraction of sp³-hybridized carbons (Fsp3) is 0.105. The molecule has 0 fully saturated rings. The molecule has 0 spiro atoms. The molecular formula is C19H16OS2. The molecule has 0 amide bonds. The van der Waals surface area contributed by atoms with Crippen LogP contribution in [0.25, 0.3) is 6.08 Å². The molecule has 4 rings (SSSR count). The number of allylic oxidation sites excluding steroid dienone is 1. The van der Waals surface area contributed by atoms with E-state index >= 15 is 0 Å². The Bertz CT molecular complexity index is 717. The first-order chi connectivity index (χ1) is 10.8. The van der Waals surface area contributed by atoms with Gasteiger partial charge in [0.2, 0.25) is 5.12 Å². The third kappa shape index (κ3) is 3.93. The molecule has 0 N–H and O–H groups in total. The van der Waals surface area contributed by atoms with Crippen LogP contribution in [0.3, 0.4) is 0 Å². The average molecular weight is 324 g/mol. The van der Waals surface area contributed by atoms with Crippen LogP contribution in [0.4, 0.5) is 0 Å². The van der Waals surface area contributed by atoms with Crippen molar-refractivity contribution in [1.82, 2.24) is 0 Å². The first kappa shape index (κ1) is 15.2. The molecule has 0 unspecified atom stereocenters. The summed E-state index contributed by atoms with van der Waals surface area (Å²) in [7, 11) is 0. The molecule has 0 atom stereocenters. The third-order valence-electron chi connectivity index (χ3n) is 3.35. The maximum atomic E-state index is 11.3. The number of thioether (sulfide) groups is 2. The molecule has 110 valence electrons. The minimum absolute atomic E-state index is 0.203. The van der Waals surface area contributed by atoms with Crippen LogP contribution in [0, 0.1) is 0 Å². The van der Waals surface area contributed by atoms with E-state index in [0.29, 0.717) is 0 Å². The van der Waals surface area contributed by atoms with Crippen molar-refractivity contribution in [3.05, 3.63) is 82.8 Å². The van der Waals surface area contributed by atoms with E-state index in [9.17, 15) is 4.79 Å². The Morgan fingerprint density at radius 1 is 0.955 bits per heavy atom. The number of rotatable bonds is 2. The van der Waals surface area contributed by atoms with Gasteiger partial charge in [0.1, 0.15) is 0 Å². The molecule has 3 heteroatoms. The molecule has 1 nitrogen and oxygen atoms in total. The largest absolute Gasteiger partial charge is 0.281 e. The maximum Gasteiger partial charge on any atom is 0.226 e. The molecule has 0 saturated carbocycles. The molecule has 0 bridgehead atoms. The van der Waals surface area contributed by atoms with Crippen molar-refractivity contribution in [2.75, 3.05) is 5.75 Å². The first-order valence-electron chi connectivity index (χ1n) is 7.17. The van der Waals surface area contributed by atoms with Gasteiger partial charge >= 0.3 is 0 Å². The summed E-state index contributed by atoms with van der Waals surface area (Å²) >= 11 is 2.92. The highest BCUT2D eigenvalue weighted by Crippen LogP contribution is 2.33. The van der Waals surface area contributed by atoms with Crippen LogP contribution in [-0.4, -0.2) is 10.9 Å². The van der Waals surface area contributed by atoms with Crippen LogP contribution in [0.1, 0.15) is 11.1 Å². The lowest BCUT2D eigenvalue weighted by molar-refractivity contribution is -0.107. The Hall–Kier alpha value is -1.71. The van der Waals surface area contributed by atoms with Gasteiger partial charge in [0, 0.05) is 10.6 Å². The maximum absolute atomic E-state index is 11.3. The fourth-order valence-electron chi connectivity index (χ4n) is 2.24. The molecular weight excluding hydrogens is 308 g/mol.